The summed E-state index contributed by atoms with van der Waals surface area (Å²) in [6.45, 7) is 1.35. The van der Waals surface area contributed by atoms with E-state index < -0.39 is 0 Å². The van der Waals surface area contributed by atoms with Crippen LogP contribution in [0.25, 0.3) is 0 Å². The summed E-state index contributed by atoms with van der Waals surface area (Å²) in [6.07, 6.45) is 0. The lowest BCUT2D eigenvalue weighted by molar-refractivity contribution is -0.120. The molecule has 3 rings (SSSR count). The molecule has 28 heavy (non-hydrogen) atoms. The number of ether oxygens (including phenoxy) is 1. The maximum Gasteiger partial charge on any atom is 0.321 e. The Labute approximate surface area is 162 Å². The fourth-order valence-electron chi connectivity index (χ4n) is 2.80. The Morgan fingerprint density at radius 3 is 2.61 bits per heavy atom. The molecule has 1 aliphatic rings. The first-order valence-electron chi connectivity index (χ1n) is 8.90. The molecule has 0 atom stereocenters. The summed E-state index contributed by atoms with van der Waals surface area (Å²) >= 11 is 0. The van der Waals surface area contributed by atoms with Gasteiger partial charge in [-0.15, -0.1) is 0 Å². The number of carbonyl (C=O) groups is 3. The van der Waals surface area contributed by atoms with E-state index in [2.05, 4.69) is 16.0 Å². The van der Waals surface area contributed by atoms with Crippen LogP contribution >= 0.6 is 0 Å². The van der Waals surface area contributed by atoms with E-state index in [9.17, 15) is 14.4 Å². The number of nitrogens with zero attached hydrogens (tertiary/aromatic N) is 1. The zero-order valence-electron chi connectivity index (χ0n) is 15.5. The summed E-state index contributed by atoms with van der Waals surface area (Å²) in [5, 5.41) is 8.06. The van der Waals surface area contributed by atoms with Crippen molar-refractivity contribution in [2.24, 2.45) is 0 Å². The van der Waals surface area contributed by atoms with Crippen molar-refractivity contribution in [2.45, 2.75) is 6.54 Å². The monoisotopic (exact) mass is 382 g/mol. The number of benzene rings is 2. The average Bonchev–Trinajstić information content (AvgIpc) is 3.16. The third-order valence-corrected chi connectivity index (χ3v) is 4.34. The number of methoxy groups -OCH3 is 1. The fourth-order valence-corrected chi connectivity index (χ4v) is 2.80. The summed E-state index contributed by atoms with van der Waals surface area (Å²) in [7, 11) is 1.59. The second kappa shape index (κ2) is 8.90. The highest BCUT2D eigenvalue weighted by atomic mass is 16.5. The first-order chi connectivity index (χ1) is 13.6. The Morgan fingerprint density at radius 1 is 1.14 bits per heavy atom. The standard InChI is InChI=1S/C20H22N4O4/c1-28-17-7-5-14(6-8-17)12-22-18(25)13-23-19(26)15-3-2-4-16(11-15)24-10-9-21-20(24)27/h2-8,11H,9-10,12-13H2,1H3,(H,21,27)(H,22,25)(H,23,26). The summed E-state index contributed by atoms with van der Waals surface area (Å²) < 4.78 is 5.09. The van der Waals surface area contributed by atoms with Gasteiger partial charge in [-0.3, -0.25) is 14.5 Å². The van der Waals surface area contributed by atoms with Crippen molar-refractivity contribution in [3.8, 4) is 5.75 Å². The number of nitrogens with one attached hydrogen (secondary N) is 3. The van der Waals surface area contributed by atoms with E-state index in [0.29, 0.717) is 30.9 Å². The van der Waals surface area contributed by atoms with Crippen LogP contribution in [-0.2, 0) is 11.3 Å². The largest absolute Gasteiger partial charge is 0.497 e. The lowest BCUT2D eigenvalue weighted by Crippen LogP contribution is -2.36. The van der Waals surface area contributed by atoms with Gasteiger partial charge in [-0.1, -0.05) is 18.2 Å². The number of hydrogen-bond donors (Lipinski definition) is 3. The third kappa shape index (κ3) is 4.79. The molecule has 8 nitrogen and oxygen atoms in total. The van der Waals surface area contributed by atoms with Gasteiger partial charge >= 0.3 is 6.03 Å². The first kappa shape index (κ1) is 19.2. The van der Waals surface area contributed by atoms with Gasteiger partial charge in [0.2, 0.25) is 5.91 Å². The highest BCUT2D eigenvalue weighted by Crippen LogP contribution is 2.18. The Morgan fingerprint density at radius 2 is 1.93 bits per heavy atom. The van der Waals surface area contributed by atoms with Gasteiger partial charge in [-0.05, 0) is 35.9 Å². The smallest absolute Gasteiger partial charge is 0.321 e. The Hall–Kier alpha value is -3.55. The zero-order chi connectivity index (χ0) is 19.9. The van der Waals surface area contributed by atoms with E-state index in [1.807, 2.05) is 24.3 Å². The molecule has 0 spiro atoms. The number of carbonyl (C=O) groups excluding carboxylic acids is 3. The second-order valence-corrected chi connectivity index (χ2v) is 6.24. The lowest BCUT2D eigenvalue weighted by atomic mass is 10.1. The minimum Gasteiger partial charge on any atom is -0.497 e. The molecule has 1 heterocycles. The van der Waals surface area contributed by atoms with E-state index >= 15 is 0 Å². The topological polar surface area (TPSA) is 99.8 Å². The van der Waals surface area contributed by atoms with Crippen LogP contribution in [0.3, 0.4) is 0 Å². The molecule has 1 saturated heterocycles. The van der Waals surface area contributed by atoms with Gasteiger partial charge in [-0.2, -0.15) is 0 Å². The minimum atomic E-state index is -0.374. The quantitative estimate of drug-likeness (QED) is 0.671. The van der Waals surface area contributed by atoms with Crippen LogP contribution in [-0.4, -0.2) is 44.6 Å². The molecule has 4 amide bonds. The average molecular weight is 382 g/mol. The van der Waals surface area contributed by atoms with Gasteiger partial charge in [0.05, 0.1) is 13.7 Å². The van der Waals surface area contributed by atoms with Crippen molar-refractivity contribution in [1.29, 1.82) is 0 Å². The molecule has 146 valence electrons. The van der Waals surface area contributed by atoms with Gasteiger partial charge in [0.1, 0.15) is 5.75 Å². The number of amides is 4. The number of rotatable bonds is 7. The molecule has 2 aromatic carbocycles. The molecule has 3 N–H and O–H groups in total. The van der Waals surface area contributed by atoms with Gasteiger partial charge in [0, 0.05) is 30.9 Å². The highest BCUT2D eigenvalue weighted by Gasteiger charge is 2.21. The molecule has 0 aliphatic carbocycles. The summed E-state index contributed by atoms with van der Waals surface area (Å²) in [6, 6.07) is 13.9. The lowest BCUT2D eigenvalue weighted by Gasteiger charge is -2.15. The van der Waals surface area contributed by atoms with Crippen LogP contribution < -0.4 is 25.6 Å². The van der Waals surface area contributed by atoms with Crippen LogP contribution in [0.15, 0.2) is 48.5 Å². The second-order valence-electron chi connectivity index (χ2n) is 6.24. The van der Waals surface area contributed by atoms with Crippen LogP contribution in [0.2, 0.25) is 0 Å². The van der Waals surface area contributed by atoms with Gasteiger partial charge in [-0.25, -0.2) is 4.79 Å². The molecule has 8 heteroatoms. The van der Waals surface area contributed by atoms with E-state index in [1.54, 1.807) is 36.3 Å². The fraction of sp³-hybridized carbons (Fsp3) is 0.250. The summed E-state index contributed by atoms with van der Waals surface area (Å²) in [5.41, 5.74) is 1.96. The van der Waals surface area contributed by atoms with E-state index in [0.717, 1.165) is 11.3 Å². The number of anilines is 1. The Balaban J connectivity index is 1.49. The zero-order valence-corrected chi connectivity index (χ0v) is 15.5. The molecule has 0 unspecified atom stereocenters. The maximum absolute atomic E-state index is 12.3. The van der Waals surface area contributed by atoms with E-state index in [1.165, 1.54) is 0 Å². The van der Waals surface area contributed by atoms with Gasteiger partial charge in [0.15, 0.2) is 0 Å². The van der Waals surface area contributed by atoms with Crippen molar-refractivity contribution in [1.82, 2.24) is 16.0 Å². The Bertz CT molecular complexity index is 867. The third-order valence-electron chi connectivity index (χ3n) is 4.34. The molecular formula is C20H22N4O4. The van der Waals surface area contributed by atoms with Crippen LogP contribution in [0.5, 0.6) is 5.75 Å². The van der Waals surface area contributed by atoms with Crippen molar-refractivity contribution in [3.63, 3.8) is 0 Å². The summed E-state index contributed by atoms with van der Waals surface area (Å²) in [4.78, 5) is 37.6. The number of urea groups is 1. The summed E-state index contributed by atoms with van der Waals surface area (Å²) in [5.74, 6) is 0.0799. The van der Waals surface area contributed by atoms with Gasteiger partial charge in [0.25, 0.3) is 5.91 Å². The van der Waals surface area contributed by atoms with Crippen LogP contribution in [0.1, 0.15) is 15.9 Å². The van der Waals surface area contributed by atoms with Crippen molar-refractivity contribution >= 4 is 23.5 Å². The SMILES string of the molecule is COc1ccc(CNC(=O)CNC(=O)c2cccc(N3CCNC3=O)c2)cc1. The molecular weight excluding hydrogens is 360 g/mol. The Kier molecular flexibility index (Phi) is 6.11. The molecule has 1 aliphatic heterocycles. The van der Waals surface area contributed by atoms with E-state index in [-0.39, 0.29) is 24.4 Å². The number of hydrogen-bond acceptors (Lipinski definition) is 4. The normalized spacial score (nSPS) is 13.0. The van der Waals surface area contributed by atoms with Crippen molar-refractivity contribution in [3.05, 3.63) is 59.7 Å². The van der Waals surface area contributed by atoms with Crippen LogP contribution in [0.4, 0.5) is 10.5 Å². The highest BCUT2D eigenvalue weighted by molar-refractivity contribution is 5.99. The van der Waals surface area contributed by atoms with Crippen molar-refractivity contribution < 1.29 is 19.1 Å². The van der Waals surface area contributed by atoms with Crippen molar-refractivity contribution in [2.75, 3.05) is 31.6 Å². The molecule has 1 fully saturated rings. The molecule has 0 saturated carbocycles. The molecule has 0 radical (unpaired) electrons. The predicted molar refractivity (Wildman–Crippen MR) is 104 cm³/mol. The molecule has 2 aromatic rings. The molecule has 0 bridgehead atoms. The minimum absolute atomic E-state index is 0.135. The molecule has 0 aromatic heterocycles. The van der Waals surface area contributed by atoms with Crippen LogP contribution in [0, 0.1) is 0 Å². The predicted octanol–water partition coefficient (Wildman–Crippen LogP) is 1.27. The maximum atomic E-state index is 12.3. The first-order valence-corrected chi connectivity index (χ1v) is 8.90. The van der Waals surface area contributed by atoms with Gasteiger partial charge < -0.3 is 20.7 Å². The van der Waals surface area contributed by atoms with E-state index in [4.69, 9.17) is 4.74 Å².